The Morgan fingerprint density at radius 2 is 1.58 bits per heavy atom. The van der Waals surface area contributed by atoms with Crippen LogP contribution in [0.5, 0.6) is 0 Å². The van der Waals surface area contributed by atoms with Crippen LogP contribution in [0.2, 0.25) is 0 Å². The number of likely N-dealkylation sites (tertiary alicyclic amines) is 1. The highest BCUT2D eigenvalue weighted by Crippen LogP contribution is 2.51. The number of amides is 4. The second kappa shape index (κ2) is 16.6. The number of H-pyrrole nitrogens is 2. The van der Waals surface area contributed by atoms with Crippen molar-refractivity contribution in [2.75, 3.05) is 20.8 Å². The third-order valence-corrected chi connectivity index (χ3v) is 12.7. The summed E-state index contributed by atoms with van der Waals surface area (Å²) >= 11 is 0. The van der Waals surface area contributed by atoms with Gasteiger partial charge in [0.15, 0.2) is 0 Å². The first-order valence-electron chi connectivity index (χ1n) is 21.3. The standard InChI is InChI=1S/C46H56N8O6/c1-8-19-53(43(55)37(24(2)3)51-45(57)59-6)23-36-47-34-17-12-28-20-26(10-15-32(28)39(34)49-36)27-11-16-33-29(21-27)13-18-35-40(33)50-42(48-35)41-30-9-14-31(22-30)54(41)44(56)38(25(4)5)52-46(58)60-7/h10-12,15-17,20-21,24-25,30-31,37-38,41H,8-9,13-14,18-19,22-23H2,1-7H3,(H,47,49)(H,48,50)(H,51,57)(H,52,58)/t30-,31+,37-,38-,41-/m0/s1. The second-order valence-corrected chi connectivity index (χ2v) is 17.3. The molecule has 2 aromatic heterocycles. The van der Waals surface area contributed by atoms with Crippen molar-refractivity contribution >= 4 is 45.8 Å². The van der Waals surface area contributed by atoms with E-state index in [9.17, 15) is 19.2 Å². The fourth-order valence-electron chi connectivity index (χ4n) is 9.68. The molecule has 4 N–H and O–H groups in total. The van der Waals surface area contributed by atoms with E-state index in [-0.39, 0.29) is 42.3 Å². The molecule has 4 amide bonds. The van der Waals surface area contributed by atoms with Crippen LogP contribution in [-0.2, 0) is 38.4 Å². The summed E-state index contributed by atoms with van der Waals surface area (Å²) in [6.45, 7) is 10.5. The number of hydrogen-bond donors (Lipinski definition) is 4. The third-order valence-electron chi connectivity index (χ3n) is 12.7. The van der Waals surface area contributed by atoms with Gasteiger partial charge in [-0.1, -0.05) is 71.0 Å². The number of carbonyl (C=O) groups is 4. The number of alkyl carbamates (subject to hydrolysis) is 2. The van der Waals surface area contributed by atoms with Crippen molar-refractivity contribution in [3.05, 3.63) is 71.4 Å². The molecule has 5 atom stereocenters. The first kappa shape index (κ1) is 40.8. The molecule has 2 bridgehead atoms. The number of carbonyl (C=O) groups excluding carboxylic acids is 4. The van der Waals surface area contributed by atoms with Crippen molar-refractivity contribution in [3.8, 4) is 22.4 Å². The van der Waals surface area contributed by atoms with E-state index in [2.05, 4.69) is 63.1 Å². The molecule has 5 aromatic rings. The summed E-state index contributed by atoms with van der Waals surface area (Å²) in [5.41, 5.74) is 8.35. The Hall–Kier alpha value is -5.92. The van der Waals surface area contributed by atoms with E-state index in [4.69, 9.17) is 19.4 Å². The molecule has 3 aliphatic rings. The number of aryl methyl sites for hydroxylation is 2. The minimum atomic E-state index is -0.716. The van der Waals surface area contributed by atoms with Gasteiger partial charge in [0.1, 0.15) is 23.7 Å². The van der Waals surface area contributed by atoms with Gasteiger partial charge < -0.3 is 39.9 Å². The summed E-state index contributed by atoms with van der Waals surface area (Å²) in [5, 5.41) is 7.56. The fraction of sp³-hybridized carbons (Fsp3) is 0.478. The van der Waals surface area contributed by atoms with Gasteiger partial charge in [-0.05, 0) is 90.5 Å². The van der Waals surface area contributed by atoms with E-state index in [1.54, 1.807) is 4.90 Å². The number of hydrogen-bond acceptors (Lipinski definition) is 8. The topological polar surface area (TPSA) is 175 Å². The van der Waals surface area contributed by atoms with Crippen LogP contribution >= 0.6 is 0 Å². The van der Waals surface area contributed by atoms with Crippen molar-refractivity contribution in [1.82, 2.24) is 40.4 Å². The zero-order valence-electron chi connectivity index (χ0n) is 35.6. The van der Waals surface area contributed by atoms with E-state index in [1.807, 2.05) is 45.6 Å². The van der Waals surface area contributed by atoms with Crippen LogP contribution in [0, 0.1) is 17.8 Å². The Bertz CT molecular complexity index is 2450. The number of ether oxygens (including phenoxy) is 2. The Balaban J connectivity index is 1.03. The number of rotatable bonds is 12. The van der Waals surface area contributed by atoms with Gasteiger partial charge in [0, 0.05) is 29.2 Å². The normalized spacial score (nSPS) is 19.0. The molecular weight excluding hydrogens is 761 g/mol. The van der Waals surface area contributed by atoms with E-state index < -0.39 is 24.3 Å². The highest BCUT2D eigenvalue weighted by Gasteiger charge is 2.52. The van der Waals surface area contributed by atoms with Gasteiger partial charge in [0.05, 0.1) is 43.5 Å². The molecule has 60 heavy (non-hydrogen) atoms. The smallest absolute Gasteiger partial charge is 0.407 e. The Morgan fingerprint density at radius 1 is 0.867 bits per heavy atom. The Labute approximate surface area is 350 Å². The first-order chi connectivity index (χ1) is 28.9. The van der Waals surface area contributed by atoms with Crippen LogP contribution in [0.1, 0.15) is 89.3 Å². The van der Waals surface area contributed by atoms with Crippen LogP contribution in [0.25, 0.3) is 44.2 Å². The molecule has 14 heteroatoms. The molecule has 1 saturated heterocycles. The molecule has 14 nitrogen and oxygen atoms in total. The Morgan fingerprint density at radius 3 is 2.30 bits per heavy atom. The van der Waals surface area contributed by atoms with Crippen LogP contribution in [0.15, 0.2) is 48.5 Å². The lowest BCUT2D eigenvalue weighted by Crippen LogP contribution is -2.54. The molecule has 2 aliphatic carbocycles. The molecule has 8 rings (SSSR count). The summed E-state index contributed by atoms with van der Waals surface area (Å²) in [7, 11) is 2.61. The van der Waals surface area contributed by atoms with Gasteiger partial charge in [-0.25, -0.2) is 19.6 Å². The van der Waals surface area contributed by atoms with Crippen molar-refractivity contribution in [1.29, 1.82) is 0 Å². The molecule has 1 aliphatic heterocycles. The van der Waals surface area contributed by atoms with Crippen LogP contribution in [-0.4, -0.2) is 92.6 Å². The average Bonchev–Trinajstić information content (AvgIpc) is 4.06. The van der Waals surface area contributed by atoms with Crippen molar-refractivity contribution in [3.63, 3.8) is 0 Å². The van der Waals surface area contributed by atoms with E-state index >= 15 is 0 Å². The van der Waals surface area contributed by atoms with Gasteiger partial charge in [0.25, 0.3) is 0 Å². The predicted molar refractivity (Wildman–Crippen MR) is 229 cm³/mol. The zero-order valence-corrected chi connectivity index (χ0v) is 35.6. The molecule has 3 heterocycles. The summed E-state index contributed by atoms with van der Waals surface area (Å²) in [5.74, 6) is 1.35. The lowest BCUT2D eigenvalue weighted by molar-refractivity contribution is -0.139. The minimum Gasteiger partial charge on any atom is -0.453 e. The van der Waals surface area contributed by atoms with Gasteiger partial charge in [-0.3, -0.25) is 9.59 Å². The molecule has 0 unspecified atom stereocenters. The number of piperidine rings is 1. The van der Waals surface area contributed by atoms with Crippen LogP contribution in [0.3, 0.4) is 0 Å². The number of methoxy groups -OCH3 is 2. The molecule has 0 radical (unpaired) electrons. The largest absolute Gasteiger partial charge is 0.453 e. The average molecular weight is 817 g/mol. The number of nitrogens with zero attached hydrogens (tertiary/aromatic N) is 4. The predicted octanol–water partition coefficient (Wildman–Crippen LogP) is 7.42. The van der Waals surface area contributed by atoms with Gasteiger partial charge in [-0.2, -0.15) is 0 Å². The van der Waals surface area contributed by atoms with E-state index in [1.165, 1.54) is 19.8 Å². The molecule has 1 saturated carbocycles. The SMILES string of the molecule is CCCN(Cc1nc2c(ccc3cc(-c4ccc5c(c4)CCc4[nH]c([C@@H]6[C@H]7CC[C@H](C7)N6C(=O)[C@@H](NC(=O)OC)C(C)C)nc4-5)ccc32)[nH]1)C(=O)[C@@H](NC(=O)OC)C(C)C. The van der Waals surface area contributed by atoms with E-state index in [0.29, 0.717) is 18.3 Å². The first-order valence-corrected chi connectivity index (χ1v) is 21.3. The number of aromatic amines is 2. The molecule has 316 valence electrons. The number of nitrogens with one attached hydrogen (secondary N) is 4. The lowest BCUT2D eigenvalue weighted by Gasteiger charge is -2.37. The van der Waals surface area contributed by atoms with Gasteiger partial charge >= 0.3 is 12.2 Å². The molecule has 0 spiro atoms. The maximum absolute atomic E-state index is 14.1. The second-order valence-electron chi connectivity index (χ2n) is 17.3. The summed E-state index contributed by atoms with van der Waals surface area (Å²) in [6.07, 6.45) is 4.17. The minimum absolute atomic E-state index is 0.0763. The number of imidazole rings is 2. The summed E-state index contributed by atoms with van der Waals surface area (Å²) in [6, 6.07) is 15.8. The molecular formula is C46H56N8O6. The van der Waals surface area contributed by atoms with Crippen LogP contribution < -0.4 is 10.6 Å². The van der Waals surface area contributed by atoms with Gasteiger partial charge in [0.2, 0.25) is 11.8 Å². The third kappa shape index (κ3) is 7.56. The van der Waals surface area contributed by atoms with Crippen molar-refractivity contribution in [2.45, 2.75) is 104 Å². The number of fused-ring (bicyclic) bond motifs is 8. The monoisotopic (exact) mass is 816 g/mol. The maximum Gasteiger partial charge on any atom is 0.407 e. The highest BCUT2D eigenvalue weighted by molar-refractivity contribution is 6.05. The fourth-order valence-corrected chi connectivity index (χ4v) is 9.68. The van der Waals surface area contributed by atoms with Gasteiger partial charge in [-0.15, -0.1) is 0 Å². The molecule has 3 aromatic carbocycles. The Kier molecular flexibility index (Phi) is 11.3. The highest BCUT2D eigenvalue weighted by atomic mass is 16.5. The lowest BCUT2D eigenvalue weighted by atomic mass is 9.89. The van der Waals surface area contributed by atoms with Crippen molar-refractivity contribution < 1.29 is 28.7 Å². The van der Waals surface area contributed by atoms with Crippen LogP contribution in [0.4, 0.5) is 9.59 Å². The van der Waals surface area contributed by atoms with Crippen molar-refractivity contribution in [2.24, 2.45) is 17.8 Å². The summed E-state index contributed by atoms with van der Waals surface area (Å²) < 4.78 is 9.64. The zero-order chi connectivity index (χ0) is 42.4. The van der Waals surface area contributed by atoms with E-state index in [0.717, 1.165) is 94.2 Å². The number of aromatic nitrogens is 4. The summed E-state index contributed by atoms with van der Waals surface area (Å²) in [4.78, 5) is 73.0. The number of benzene rings is 3. The quantitative estimate of drug-likeness (QED) is 0.101. The molecule has 2 fully saturated rings. The maximum atomic E-state index is 14.1.